The second-order valence-corrected chi connectivity index (χ2v) is 5.52. The zero-order chi connectivity index (χ0) is 13.7. The Kier molecular flexibility index (Phi) is 5.19. The number of hydrogen-bond donors (Lipinski definition) is 2. The fourth-order valence-corrected chi connectivity index (χ4v) is 2.46. The predicted octanol–water partition coefficient (Wildman–Crippen LogP) is 3.51. The summed E-state index contributed by atoms with van der Waals surface area (Å²) in [5.41, 5.74) is 1.15. The van der Waals surface area contributed by atoms with E-state index in [4.69, 9.17) is 11.6 Å². The topological polar surface area (TPSA) is 45.1 Å². The number of halogens is 2. The lowest BCUT2D eigenvalue weighted by molar-refractivity contribution is 0.273. The van der Waals surface area contributed by atoms with Crippen molar-refractivity contribution in [2.24, 2.45) is 0 Å². The molecule has 1 aromatic carbocycles. The molecule has 0 saturated carbocycles. The molecule has 1 heterocycles. The van der Waals surface area contributed by atoms with Gasteiger partial charge in [0.1, 0.15) is 5.82 Å². The van der Waals surface area contributed by atoms with Crippen LogP contribution in [0, 0.1) is 0 Å². The molecule has 5 heteroatoms. The molecule has 0 amide bonds. The van der Waals surface area contributed by atoms with Crippen molar-refractivity contribution in [2.75, 3.05) is 11.9 Å². The summed E-state index contributed by atoms with van der Waals surface area (Å²) >= 11 is 9.41. The van der Waals surface area contributed by atoms with Gasteiger partial charge in [-0.15, -0.1) is 0 Å². The van der Waals surface area contributed by atoms with E-state index in [-0.39, 0.29) is 12.6 Å². The van der Waals surface area contributed by atoms with Crippen molar-refractivity contribution in [1.29, 1.82) is 0 Å². The summed E-state index contributed by atoms with van der Waals surface area (Å²) in [5.74, 6) is 0.583. The van der Waals surface area contributed by atoms with E-state index in [0.717, 1.165) is 10.0 Å². The molecular weight excluding hydrogens is 328 g/mol. The minimum absolute atomic E-state index is 0.0168. The van der Waals surface area contributed by atoms with Crippen molar-refractivity contribution in [3.05, 3.63) is 57.7 Å². The van der Waals surface area contributed by atoms with Crippen molar-refractivity contribution < 1.29 is 5.11 Å². The van der Waals surface area contributed by atoms with E-state index in [0.29, 0.717) is 17.3 Å². The van der Waals surface area contributed by atoms with Crippen molar-refractivity contribution in [3.63, 3.8) is 0 Å². The molecule has 2 rings (SSSR count). The van der Waals surface area contributed by atoms with E-state index < -0.39 is 0 Å². The summed E-state index contributed by atoms with van der Waals surface area (Å²) in [7, 11) is 0. The number of pyridine rings is 1. The lowest BCUT2D eigenvalue weighted by Gasteiger charge is -2.17. The molecule has 100 valence electrons. The molecule has 0 aliphatic heterocycles. The van der Waals surface area contributed by atoms with Crippen LogP contribution < -0.4 is 5.32 Å². The number of anilines is 1. The highest BCUT2D eigenvalue weighted by atomic mass is 79.9. The molecule has 0 saturated heterocycles. The minimum Gasteiger partial charge on any atom is -0.394 e. The SMILES string of the molecule is OCC(Cc1ccccc1)Nc1ncc(Br)cc1Cl. The third-order valence-corrected chi connectivity index (χ3v) is 3.42. The number of aromatic nitrogens is 1. The maximum absolute atomic E-state index is 9.45. The van der Waals surface area contributed by atoms with Gasteiger partial charge >= 0.3 is 0 Å². The maximum Gasteiger partial charge on any atom is 0.145 e. The lowest BCUT2D eigenvalue weighted by Crippen LogP contribution is -2.27. The van der Waals surface area contributed by atoms with Crippen LogP contribution in [0.2, 0.25) is 5.02 Å². The Morgan fingerprint density at radius 2 is 2.05 bits per heavy atom. The summed E-state index contributed by atoms with van der Waals surface area (Å²) in [4.78, 5) is 4.21. The minimum atomic E-state index is -0.117. The van der Waals surface area contributed by atoms with Gasteiger partial charge in [-0.2, -0.15) is 0 Å². The molecule has 0 aliphatic carbocycles. The normalized spacial score (nSPS) is 12.2. The van der Waals surface area contributed by atoms with Crippen LogP contribution in [-0.4, -0.2) is 22.7 Å². The van der Waals surface area contributed by atoms with Crippen LogP contribution in [0.15, 0.2) is 47.1 Å². The molecule has 19 heavy (non-hydrogen) atoms. The van der Waals surface area contributed by atoms with Gasteiger partial charge in [-0.05, 0) is 34.0 Å². The number of rotatable bonds is 5. The number of hydrogen-bond acceptors (Lipinski definition) is 3. The van der Waals surface area contributed by atoms with E-state index in [1.807, 2.05) is 30.3 Å². The highest BCUT2D eigenvalue weighted by molar-refractivity contribution is 9.10. The average Bonchev–Trinajstić information content (AvgIpc) is 2.42. The number of aliphatic hydroxyl groups excluding tert-OH is 1. The molecule has 0 bridgehead atoms. The first-order chi connectivity index (χ1) is 9.19. The van der Waals surface area contributed by atoms with Gasteiger partial charge in [0.05, 0.1) is 17.7 Å². The van der Waals surface area contributed by atoms with Crippen LogP contribution >= 0.6 is 27.5 Å². The Bertz CT molecular complexity index is 536. The first-order valence-electron chi connectivity index (χ1n) is 5.91. The summed E-state index contributed by atoms with van der Waals surface area (Å²) in [6.45, 7) is 0.0168. The molecule has 1 atom stereocenters. The zero-order valence-corrected chi connectivity index (χ0v) is 12.5. The number of nitrogens with one attached hydrogen (secondary N) is 1. The third kappa shape index (κ3) is 4.20. The predicted molar refractivity (Wildman–Crippen MR) is 81.6 cm³/mol. The third-order valence-electron chi connectivity index (χ3n) is 2.69. The fourth-order valence-electron chi connectivity index (χ4n) is 1.77. The number of nitrogens with zero attached hydrogens (tertiary/aromatic N) is 1. The van der Waals surface area contributed by atoms with Gasteiger partial charge < -0.3 is 10.4 Å². The fraction of sp³-hybridized carbons (Fsp3) is 0.214. The van der Waals surface area contributed by atoms with Gasteiger partial charge in [-0.1, -0.05) is 41.9 Å². The van der Waals surface area contributed by atoms with E-state index in [9.17, 15) is 5.11 Å². The Hall–Kier alpha value is -1.10. The average molecular weight is 342 g/mol. The summed E-state index contributed by atoms with van der Waals surface area (Å²) in [6.07, 6.45) is 2.39. The Morgan fingerprint density at radius 3 is 2.68 bits per heavy atom. The van der Waals surface area contributed by atoms with Gasteiger partial charge in [0.25, 0.3) is 0 Å². The molecule has 1 aromatic heterocycles. The van der Waals surface area contributed by atoms with Crippen molar-refractivity contribution >= 4 is 33.3 Å². The van der Waals surface area contributed by atoms with Crippen LogP contribution in [0.4, 0.5) is 5.82 Å². The number of benzene rings is 1. The smallest absolute Gasteiger partial charge is 0.145 e. The van der Waals surface area contributed by atoms with Crippen LogP contribution in [0.3, 0.4) is 0 Å². The summed E-state index contributed by atoms with van der Waals surface area (Å²) in [6, 6.07) is 11.6. The zero-order valence-electron chi connectivity index (χ0n) is 10.2. The first kappa shape index (κ1) is 14.3. The van der Waals surface area contributed by atoms with Gasteiger partial charge in [-0.25, -0.2) is 4.98 Å². The quantitative estimate of drug-likeness (QED) is 0.875. The maximum atomic E-state index is 9.45. The van der Waals surface area contributed by atoms with E-state index >= 15 is 0 Å². The monoisotopic (exact) mass is 340 g/mol. The van der Waals surface area contributed by atoms with Crippen LogP contribution in [0.1, 0.15) is 5.56 Å². The molecule has 0 fully saturated rings. The van der Waals surface area contributed by atoms with Gasteiger partial charge in [-0.3, -0.25) is 0 Å². The Labute approximate surface area is 125 Å². The van der Waals surface area contributed by atoms with Crippen LogP contribution in [-0.2, 0) is 6.42 Å². The summed E-state index contributed by atoms with van der Waals surface area (Å²) < 4.78 is 0.826. The summed E-state index contributed by atoms with van der Waals surface area (Å²) in [5, 5.41) is 13.1. The standard InChI is InChI=1S/C14H14BrClN2O/c15-11-7-13(16)14(17-8-11)18-12(9-19)6-10-4-2-1-3-5-10/h1-5,7-8,12,19H,6,9H2,(H,17,18). The van der Waals surface area contributed by atoms with Crippen molar-refractivity contribution in [1.82, 2.24) is 4.98 Å². The van der Waals surface area contributed by atoms with E-state index in [2.05, 4.69) is 26.2 Å². The highest BCUT2D eigenvalue weighted by Gasteiger charge is 2.11. The molecule has 0 spiro atoms. The molecule has 1 unspecified atom stereocenters. The van der Waals surface area contributed by atoms with Gasteiger partial charge in [0.15, 0.2) is 0 Å². The molecule has 3 nitrogen and oxygen atoms in total. The second-order valence-electron chi connectivity index (χ2n) is 4.20. The van der Waals surface area contributed by atoms with Gasteiger partial charge in [0.2, 0.25) is 0 Å². The number of aliphatic hydroxyl groups is 1. The first-order valence-corrected chi connectivity index (χ1v) is 7.08. The molecular formula is C14H14BrClN2O. The van der Waals surface area contributed by atoms with E-state index in [1.165, 1.54) is 0 Å². The second kappa shape index (κ2) is 6.89. The van der Waals surface area contributed by atoms with Crippen molar-refractivity contribution in [3.8, 4) is 0 Å². The van der Waals surface area contributed by atoms with E-state index in [1.54, 1.807) is 12.3 Å². The van der Waals surface area contributed by atoms with Crippen molar-refractivity contribution in [2.45, 2.75) is 12.5 Å². The largest absolute Gasteiger partial charge is 0.394 e. The van der Waals surface area contributed by atoms with Crippen LogP contribution in [0.25, 0.3) is 0 Å². The molecule has 0 aliphatic rings. The Balaban J connectivity index is 2.06. The molecule has 2 aromatic rings. The lowest BCUT2D eigenvalue weighted by atomic mass is 10.1. The Morgan fingerprint density at radius 1 is 1.32 bits per heavy atom. The molecule has 2 N–H and O–H groups in total. The van der Waals surface area contributed by atoms with Crippen LogP contribution in [0.5, 0.6) is 0 Å². The molecule has 0 radical (unpaired) electrons. The van der Waals surface area contributed by atoms with Gasteiger partial charge in [0, 0.05) is 10.7 Å². The highest BCUT2D eigenvalue weighted by Crippen LogP contribution is 2.23.